The van der Waals surface area contributed by atoms with Gasteiger partial charge in [0.1, 0.15) is 12.7 Å². The number of fused-ring (bicyclic) bond motifs is 1. The molecule has 0 amide bonds. The lowest BCUT2D eigenvalue weighted by atomic mass is 10.3. The van der Waals surface area contributed by atoms with Gasteiger partial charge < -0.3 is 9.47 Å². The molecule has 0 fully saturated rings. The topological polar surface area (TPSA) is 96.4 Å². The van der Waals surface area contributed by atoms with Crippen molar-refractivity contribution < 1.29 is 17.9 Å². The molecule has 2 rings (SSSR count). The standard InChI is InChI=1S/C9H17N3O4SSi/c1-15-6-4-12-9(16-5-6)7(17(10,13)14)8(11-12)18(2)3/h6,18H,4-5H2,1-3H3,(H2,10,13,14). The third-order valence-corrected chi connectivity index (χ3v) is 5.50. The second-order valence-corrected chi connectivity index (χ2v) is 8.92. The van der Waals surface area contributed by atoms with Crippen LogP contribution in [0, 0.1) is 0 Å². The van der Waals surface area contributed by atoms with Gasteiger partial charge in [-0.1, -0.05) is 13.1 Å². The number of aromatic nitrogens is 2. The summed E-state index contributed by atoms with van der Waals surface area (Å²) in [7, 11) is -3.65. The molecule has 0 spiro atoms. The molecular weight excluding hydrogens is 274 g/mol. The molecule has 0 aliphatic carbocycles. The van der Waals surface area contributed by atoms with Gasteiger partial charge in [0.05, 0.1) is 20.7 Å². The molecule has 102 valence electrons. The highest BCUT2D eigenvalue weighted by Crippen LogP contribution is 2.25. The van der Waals surface area contributed by atoms with Crippen molar-refractivity contribution in [3.8, 4) is 5.88 Å². The fourth-order valence-corrected chi connectivity index (χ4v) is 4.87. The summed E-state index contributed by atoms with van der Waals surface area (Å²) >= 11 is 0. The van der Waals surface area contributed by atoms with Crippen LogP contribution in [0.25, 0.3) is 0 Å². The zero-order valence-electron chi connectivity index (χ0n) is 10.6. The highest BCUT2D eigenvalue weighted by molar-refractivity contribution is 7.89. The minimum Gasteiger partial charge on any atom is -0.474 e. The van der Waals surface area contributed by atoms with Gasteiger partial charge in [0.2, 0.25) is 15.9 Å². The van der Waals surface area contributed by atoms with Crippen LogP contribution < -0.4 is 15.2 Å². The first-order valence-corrected chi connectivity index (χ1v) is 10.1. The van der Waals surface area contributed by atoms with Crippen LogP contribution in [-0.2, 0) is 21.3 Å². The monoisotopic (exact) mass is 291 g/mol. The number of sulfonamides is 1. The largest absolute Gasteiger partial charge is 0.474 e. The molecule has 2 heterocycles. The number of ether oxygens (including phenoxy) is 2. The van der Waals surface area contributed by atoms with Gasteiger partial charge in [-0.3, -0.25) is 0 Å². The van der Waals surface area contributed by atoms with Crippen molar-refractivity contribution in [2.24, 2.45) is 5.14 Å². The second kappa shape index (κ2) is 4.65. The summed E-state index contributed by atoms with van der Waals surface area (Å²) in [5.74, 6) is 0.252. The Morgan fingerprint density at radius 1 is 1.56 bits per heavy atom. The molecule has 1 unspecified atom stereocenters. The van der Waals surface area contributed by atoms with Gasteiger partial charge in [0.15, 0.2) is 4.90 Å². The van der Waals surface area contributed by atoms with Crippen LogP contribution in [-0.4, -0.2) is 46.8 Å². The van der Waals surface area contributed by atoms with E-state index in [0.29, 0.717) is 18.5 Å². The number of hydrogen-bond donors (Lipinski definition) is 1. The minimum absolute atomic E-state index is 0.0544. The smallest absolute Gasteiger partial charge is 0.244 e. The summed E-state index contributed by atoms with van der Waals surface area (Å²) in [5.41, 5.74) is 0. The Labute approximate surface area is 108 Å². The Balaban J connectivity index is 2.56. The first kappa shape index (κ1) is 13.5. The maximum Gasteiger partial charge on any atom is 0.244 e. The molecule has 0 saturated heterocycles. The molecule has 1 atom stereocenters. The van der Waals surface area contributed by atoms with E-state index in [9.17, 15) is 8.42 Å². The number of primary sulfonamides is 1. The number of methoxy groups -OCH3 is 1. The molecule has 1 aliphatic rings. The lowest BCUT2D eigenvalue weighted by Crippen LogP contribution is -2.32. The van der Waals surface area contributed by atoms with E-state index < -0.39 is 18.8 Å². The van der Waals surface area contributed by atoms with Crippen molar-refractivity contribution in [2.45, 2.75) is 30.6 Å². The van der Waals surface area contributed by atoms with Gasteiger partial charge >= 0.3 is 0 Å². The van der Waals surface area contributed by atoms with Crippen LogP contribution in [0.4, 0.5) is 0 Å². The summed E-state index contributed by atoms with van der Waals surface area (Å²) in [6, 6.07) is 0. The Bertz CT molecular complexity index is 554. The van der Waals surface area contributed by atoms with Crippen LogP contribution in [0.15, 0.2) is 4.90 Å². The summed E-state index contributed by atoms with van der Waals surface area (Å²) in [4.78, 5) is 0.0544. The van der Waals surface area contributed by atoms with Crippen LogP contribution in [0.2, 0.25) is 13.1 Å². The Kier molecular flexibility index (Phi) is 3.49. The zero-order chi connectivity index (χ0) is 13.5. The summed E-state index contributed by atoms with van der Waals surface area (Å²) in [6.07, 6.45) is -0.118. The molecule has 0 radical (unpaired) electrons. The molecule has 1 aromatic heterocycles. The van der Waals surface area contributed by atoms with E-state index in [2.05, 4.69) is 5.10 Å². The SMILES string of the molecule is COC1COc2c(S(N)(=O)=O)c([SiH](C)C)nn2C1. The lowest BCUT2D eigenvalue weighted by molar-refractivity contribution is 0.0165. The number of hydrogen-bond acceptors (Lipinski definition) is 5. The molecule has 7 nitrogen and oxygen atoms in total. The molecule has 2 N–H and O–H groups in total. The first-order valence-electron chi connectivity index (χ1n) is 5.63. The predicted molar refractivity (Wildman–Crippen MR) is 68.4 cm³/mol. The molecule has 9 heteroatoms. The van der Waals surface area contributed by atoms with Gasteiger partial charge in [0.25, 0.3) is 0 Å². The fraction of sp³-hybridized carbons (Fsp3) is 0.667. The van der Waals surface area contributed by atoms with Crippen molar-refractivity contribution in [3.05, 3.63) is 0 Å². The average molecular weight is 291 g/mol. The molecule has 18 heavy (non-hydrogen) atoms. The van der Waals surface area contributed by atoms with E-state index in [1.54, 1.807) is 11.8 Å². The van der Waals surface area contributed by atoms with E-state index in [1.165, 1.54) is 0 Å². The molecule has 1 aliphatic heterocycles. The summed E-state index contributed by atoms with van der Waals surface area (Å²) < 4.78 is 35.5. The van der Waals surface area contributed by atoms with E-state index >= 15 is 0 Å². The van der Waals surface area contributed by atoms with Crippen molar-refractivity contribution in [1.82, 2.24) is 9.78 Å². The maximum absolute atomic E-state index is 11.7. The van der Waals surface area contributed by atoms with Crippen LogP contribution in [0.3, 0.4) is 0 Å². The zero-order valence-corrected chi connectivity index (χ0v) is 12.6. The van der Waals surface area contributed by atoms with Gasteiger partial charge in [-0.05, 0) is 0 Å². The van der Waals surface area contributed by atoms with E-state index in [4.69, 9.17) is 14.6 Å². The lowest BCUT2D eigenvalue weighted by Gasteiger charge is -2.23. The maximum atomic E-state index is 11.7. The summed E-state index contributed by atoms with van der Waals surface area (Å²) in [6.45, 7) is 4.78. The highest BCUT2D eigenvalue weighted by Gasteiger charge is 2.33. The van der Waals surface area contributed by atoms with Gasteiger partial charge in [-0.15, -0.1) is 0 Å². The van der Waals surface area contributed by atoms with Gasteiger partial charge in [-0.25, -0.2) is 18.2 Å². The van der Waals surface area contributed by atoms with E-state index in [-0.39, 0.29) is 16.9 Å². The molecule has 0 bridgehead atoms. The molecule has 1 aromatic rings. The minimum atomic E-state index is -3.82. The predicted octanol–water partition coefficient (Wildman–Crippen LogP) is -1.37. The highest BCUT2D eigenvalue weighted by atomic mass is 32.2. The first-order chi connectivity index (χ1) is 8.34. The third-order valence-electron chi connectivity index (χ3n) is 2.84. The van der Waals surface area contributed by atoms with Crippen LogP contribution in [0.1, 0.15) is 0 Å². The molecule has 0 saturated carbocycles. The number of nitrogens with two attached hydrogens (primary N) is 1. The van der Waals surface area contributed by atoms with Crippen LogP contribution >= 0.6 is 0 Å². The van der Waals surface area contributed by atoms with Crippen molar-refractivity contribution in [1.29, 1.82) is 0 Å². The number of nitrogens with zero attached hydrogens (tertiary/aromatic N) is 2. The second-order valence-electron chi connectivity index (χ2n) is 4.57. The van der Waals surface area contributed by atoms with Crippen molar-refractivity contribution >= 4 is 24.1 Å². The molecule has 0 aromatic carbocycles. The van der Waals surface area contributed by atoms with E-state index in [1.807, 2.05) is 13.1 Å². The van der Waals surface area contributed by atoms with Crippen molar-refractivity contribution in [2.75, 3.05) is 13.7 Å². The Morgan fingerprint density at radius 3 is 2.72 bits per heavy atom. The third kappa shape index (κ3) is 2.30. The van der Waals surface area contributed by atoms with E-state index in [0.717, 1.165) is 0 Å². The fourth-order valence-electron chi connectivity index (χ4n) is 1.92. The average Bonchev–Trinajstić information content (AvgIpc) is 2.66. The number of rotatable bonds is 3. The van der Waals surface area contributed by atoms with Crippen LogP contribution in [0.5, 0.6) is 5.88 Å². The molecular formula is C9H17N3O4SSi. The summed E-state index contributed by atoms with van der Waals surface area (Å²) in [5, 5.41) is 10.2. The normalized spacial score (nSPS) is 19.7. The van der Waals surface area contributed by atoms with Gasteiger partial charge in [0, 0.05) is 7.11 Å². The Morgan fingerprint density at radius 2 is 2.22 bits per heavy atom. The van der Waals surface area contributed by atoms with Gasteiger partial charge in [-0.2, -0.15) is 5.10 Å². The quantitative estimate of drug-likeness (QED) is 0.693. The Hall–Kier alpha value is -0.903. The van der Waals surface area contributed by atoms with Crippen molar-refractivity contribution in [3.63, 3.8) is 0 Å².